The third-order valence-corrected chi connectivity index (χ3v) is 1.66. The van der Waals surface area contributed by atoms with Crippen LogP contribution in [0.25, 0.3) is 0 Å². The van der Waals surface area contributed by atoms with E-state index in [2.05, 4.69) is 9.78 Å². The molecule has 13 heavy (non-hydrogen) atoms. The molecule has 1 rings (SSSR count). The van der Waals surface area contributed by atoms with Gasteiger partial charge in [-0.05, 0) is 12.1 Å². The molecule has 1 N–H and O–H groups in total. The van der Waals surface area contributed by atoms with Crippen LogP contribution in [0.1, 0.15) is 10.4 Å². The molecule has 0 heterocycles. The van der Waals surface area contributed by atoms with Crippen LogP contribution in [0.15, 0.2) is 18.2 Å². The number of para-hydroxylation sites is 1. The maximum atomic E-state index is 10.7. The minimum atomic E-state index is -1.12. The molecule has 0 aliphatic heterocycles. The molecule has 70 valence electrons. The zero-order chi connectivity index (χ0) is 9.84. The Balaban J connectivity index is 3.17. The van der Waals surface area contributed by atoms with Crippen molar-refractivity contribution in [1.82, 2.24) is 0 Å². The van der Waals surface area contributed by atoms with Gasteiger partial charge in [-0.15, -0.1) is 0 Å². The number of hydrogen-bond acceptors (Lipinski definition) is 3. The summed E-state index contributed by atoms with van der Waals surface area (Å²) in [7, 11) is 1.27. The van der Waals surface area contributed by atoms with E-state index in [1.807, 2.05) is 0 Å². The van der Waals surface area contributed by atoms with Crippen molar-refractivity contribution in [2.24, 2.45) is 0 Å². The van der Waals surface area contributed by atoms with Gasteiger partial charge in [-0.3, -0.25) is 0 Å². The molecule has 0 saturated heterocycles. The van der Waals surface area contributed by atoms with Crippen LogP contribution in [0.2, 0.25) is 5.02 Å². The van der Waals surface area contributed by atoms with Crippen molar-refractivity contribution in [3.63, 3.8) is 0 Å². The van der Waals surface area contributed by atoms with Crippen molar-refractivity contribution in [2.75, 3.05) is 7.11 Å². The SMILES string of the molecule is COOc1c(Cl)cccc1C(=O)O. The summed E-state index contributed by atoms with van der Waals surface area (Å²) in [4.78, 5) is 19.6. The van der Waals surface area contributed by atoms with E-state index in [1.54, 1.807) is 0 Å². The van der Waals surface area contributed by atoms with E-state index in [-0.39, 0.29) is 16.3 Å². The average molecular weight is 203 g/mol. The fourth-order valence-corrected chi connectivity index (χ4v) is 1.05. The van der Waals surface area contributed by atoms with E-state index in [4.69, 9.17) is 16.7 Å². The van der Waals surface area contributed by atoms with Crippen LogP contribution in [0.3, 0.4) is 0 Å². The minimum Gasteiger partial charge on any atom is -0.478 e. The molecule has 0 aliphatic rings. The minimum absolute atomic E-state index is 0.0131. The second-order valence-electron chi connectivity index (χ2n) is 2.17. The number of aromatic carboxylic acids is 1. The highest BCUT2D eigenvalue weighted by Gasteiger charge is 2.14. The van der Waals surface area contributed by atoms with Crippen molar-refractivity contribution in [1.29, 1.82) is 0 Å². The second-order valence-corrected chi connectivity index (χ2v) is 2.58. The lowest BCUT2D eigenvalue weighted by molar-refractivity contribution is -0.178. The van der Waals surface area contributed by atoms with Gasteiger partial charge in [0.15, 0.2) is 5.75 Å². The molecule has 0 aromatic heterocycles. The molecule has 0 fully saturated rings. The first kappa shape index (κ1) is 9.83. The van der Waals surface area contributed by atoms with Crippen molar-refractivity contribution >= 4 is 17.6 Å². The van der Waals surface area contributed by atoms with Crippen molar-refractivity contribution in [3.8, 4) is 5.75 Å². The van der Waals surface area contributed by atoms with E-state index in [1.165, 1.54) is 25.3 Å². The second kappa shape index (κ2) is 4.11. The lowest BCUT2D eigenvalue weighted by atomic mass is 10.2. The fourth-order valence-electron chi connectivity index (χ4n) is 0.845. The van der Waals surface area contributed by atoms with Crippen LogP contribution in [0.5, 0.6) is 5.75 Å². The molecular formula is C8H7ClO4. The van der Waals surface area contributed by atoms with Crippen LogP contribution in [0, 0.1) is 0 Å². The molecule has 0 aliphatic carbocycles. The Morgan fingerprint density at radius 2 is 2.23 bits per heavy atom. The lowest BCUT2D eigenvalue weighted by Crippen LogP contribution is -2.02. The molecule has 1 aromatic carbocycles. The fraction of sp³-hybridized carbons (Fsp3) is 0.125. The van der Waals surface area contributed by atoms with E-state index >= 15 is 0 Å². The van der Waals surface area contributed by atoms with Crippen molar-refractivity contribution < 1.29 is 19.7 Å². The summed E-state index contributed by atoms with van der Waals surface area (Å²) >= 11 is 5.68. The van der Waals surface area contributed by atoms with Gasteiger partial charge in [0, 0.05) is 0 Å². The molecule has 0 spiro atoms. The molecule has 0 unspecified atom stereocenters. The average Bonchev–Trinajstić information content (AvgIpc) is 2.08. The summed E-state index contributed by atoms with van der Waals surface area (Å²) in [6.45, 7) is 0. The summed E-state index contributed by atoms with van der Waals surface area (Å²) < 4.78 is 0. The smallest absolute Gasteiger partial charge is 0.339 e. The molecule has 1 aromatic rings. The summed E-state index contributed by atoms with van der Waals surface area (Å²) in [6, 6.07) is 4.42. The van der Waals surface area contributed by atoms with Crippen LogP contribution in [-0.4, -0.2) is 18.2 Å². The van der Waals surface area contributed by atoms with Crippen LogP contribution in [0.4, 0.5) is 0 Å². The van der Waals surface area contributed by atoms with E-state index in [0.29, 0.717) is 0 Å². The monoisotopic (exact) mass is 202 g/mol. The van der Waals surface area contributed by atoms with Gasteiger partial charge in [-0.2, -0.15) is 4.89 Å². The van der Waals surface area contributed by atoms with Gasteiger partial charge in [0.25, 0.3) is 0 Å². The van der Waals surface area contributed by atoms with Gasteiger partial charge in [-0.25, -0.2) is 4.79 Å². The summed E-state index contributed by atoms with van der Waals surface area (Å²) in [5.41, 5.74) is -0.0330. The first-order chi connectivity index (χ1) is 6.16. The lowest BCUT2D eigenvalue weighted by Gasteiger charge is -2.05. The number of carbonyl (C=O) groups is 1. The normalized spacial score (nSPS) is 9.69. The van der Waals surface area contributed by atoms with Crippen LogP contribution >= 0.6 is 11.6 Å². The maximum absolute atomic E-state index is 10.7. The first-order valence-electron chi connectivity index (χ1n) is 3.39. The van der Waals surface area contributed by atoms with E-state index < -0.39 is 5.97 Å². The van der Waals surface area contributed by atoms with E-state index in [9.17, 15) is 4.79 Å². The van der Waals surface area contributed by atoms with Gasteiger partial charge < -0.3 is 9.99 Å². The van der Waals surface area contributed by atoms with Gasteiger partial charge in [0.1, 0.15) is 5.56 Å². The number of rotatable bonds is 3. The molecule has 0 amide bonds. The van der Waals surface area contributed by atoms with Gasteiger partial charge in [0.05, 0.1) is 12.1 Å². The molecule has 0 saturated carbocycles. The van der Waals surface area contributed by atoms with Crippen LogP contribution < -0.4 is 4.89 Å². The largest absolute Gasteiger partial charge is 0.478 e. The predicted octanol–water partition coefficient (Wildman–Crippen LogP) is 1.98. The number of halogens is 1. The Morgan fingerprint density at radius 3 is 2.77 bits per heavy atom. The highest BCUT2D eigenvalue weighted by molar-refractivity contribution is 6.32. The number of carboxylic acid groups (broad SMARTS) is 1. The highest BCUT2D eigenvalue weighted by Crippen LogP contribution is 2.28. The molecule has 0 bridgehead atoms. The molecule has 0 radical (unpaired) electrons. The summed E-state index contributed by atoms with van der Waals surface area (Å²) in [5, 5.41) is 8.92. The van der Waals surface area contributed by atoms with Crippen LogP contribution in [-0.2, 0) is 4.89 Å². The summed E-state index contributed by atoms with van der Waals surface area (Å²) in [5.74, 6) is -1.10. The Labute approximate surface area is 79.6 Å². The Morgan fingerprint density at radius 1 is 1.54 bits per heavy atom. The zero-order valence-electron chi connectivity index (χ0n) is 6.78. The molecule has 4 nitrogen and oxygen atoms in total. The number of hydrogen-bond donors (Lipinski definition) is 1. The number of benzene rings is 1. The molecule has 0 atom stereocenters. The molecular weight excluding hydrogens is 196 g/mol. The zero-order valence-corrected chi connectivity index (χ0v) is 7.54. The van der Waals surface area contributed by atoms with Gasteiger partial charge >= 0.3 is 5.97 Å². The van der Waals surface area contributed by atoms with Crippen molar-refractivity contribution in [2.45, 2.75) is 0 Å². The highest BCUT2D eigenvalue weighted by atomic mass is 35.5. The van der Waals surface area contributed by atoms with Gasteiger partial charge in [-0.1, -0.05) is 17.7 Å². The predicted molar refractivity (Wildman–Crippen MR) is 46.0 cm³/mol. The Bertz CT molecular complexity index is 324. The van der Waals surface area contributed by atoms with Crippen molar-refractivity contribution in [3.05, 3.63) is 28.8 Å². The standard InChI is InChI=1S/C8H7ClO4/c1-12-13-7-5(8(10)11)3-2-4-6(7)9/h2-4H,1H3,(H,10,11). The summed E-state index contributed by atoms with van der Waals surface area (Å²) in [6.07, 6.45) is 0. The number of carboxylic acids is 1. The van der Waals surface area contributed by atoms with Gasteiger partial charge in [0.2, 0.25) is 0 Å². The third-order valence-electron chi connectivity index (χ3n) is 1.36. The molecule has 5 heteroatoms. The third kappa shape index (κ3) is 2.11. The maximum Gasteiger partial charge on any atom is 0.339 e. The topological polar surface area (TPSA) is 55.8 Å². The quantitative estimate of drug-likeness (QED) is 0.602. The van der Waals surface area contributed by atoms with E-state index in [0.717, 1.165) is 0 Å². The Hall–Kier alpha value is -1.26. The Kier molecular flexibility index (Phi) is 3.11. The first-order valence-corrected chi connectivity index (χ1v) is 3.77.